The van der Waals surface area contributed by atoms with Crippen molar-refractivity contribution < 1.29 is 9.59 Å². The second-order valence-electron chi connectivity index (χ2n) is 8.30. The lowest BCUT2D eigenvalue weighted by Crippen LogP contribution is -2.49. The molecule has 0 radical (unpaired) electrons. The molecule has 0 bridgehead atoms. The van der Waals surface area contributed by atoms with E-state index in [-0.39, 0.29) is 17.4 Å². The van der Waals surface area contributed by atoms with Crippen LogP contribution in [-0.2, 0) is 4.79 Å². The van der Waals surface area contributed by atoms with E-state index in [0.717, 1.165) is 57.8 Å². The van der Waals surface area contributed by atoms with Crippen LogP contribution in [0.5, 0.6) is 0 Å². The van der Waals surface area contributed by atoms with Gasteiger partial charge in [0, 0.05) is 64.1 Å². The smallest absolute Gasteiger partial charge is 0.255 e. The van der Waals surface area contributed by atoms with E-state index in [1.54, 1.807) is 12.3 Å². The number of piperidine rings is 1. The summed E-state index contributed by atoms with van der Waals surface area (Å²) in [6.07, 6.45) is 6.57. The summed E-state index contributed by atoms with van der Waals surface area (Å²) in [6, 6.07) is 8.83. The third-order valence-electron chi connectivity index (χ3n) is 6.21. The van der Waals surface area contributed by atoms with Gasteiger partial charge in [-0.05, 0) is 43.4 Å². The van der Waals surface area contributed by atoms with E-state index in [1.807, 2.05) is 28.0 Å². The Morgan fingerprint density at radius 3 is 2.58 bits per heavy atom. The van der Waals surface area contributed by atoms with Crippen LogP contribution in [0.25, 0.3) is 0 Å². The molecule has 2 saturated heterocycles. The highest BCUT2D eigenvalue weighted by Crippen LogP contribution is 2.23. The van der Waals surface area contributed by atoms with Crippen LogP contribution in [-0.4, -0.2) is 70.9 Å². The van der Waals surface area contributed by atoms with E-state index in [1.165, 1.54) is 12.3 Å². The lowest BCUT2D eigenvalue weighted by Gasteiger charge is -2.36. The second-order valence-corrected chi connectivity index (χ2v) is 8.30. The third-order valence-corrected chi connectivity index (χ3v) is 6.21. The molecule has 4 heterocycles. The number of amides is 2. The molecular formula is C23H29N5O3. The summed E-state index contributed by atoms with van der Waals surface area (Å²) < 4.78 is 0. The monoisotopic (exact) mass is 423 g/mol. The molecule has 0 aromatic carbocycles. The van der Waals surface area contributed by atoms with Crippen molar-refractivity contribution in [1.82, 2.24) is 19.8 Å². The van der Waals surface area contributed by atoms with Gasteiger partial charge in [0.1, 0.15) is 5.82 Å². The first-order chi connectivity index (χ1) is 15.1. The van der Waals surface area contributed by atoms with Crippen LogP contribution < -0.4 is 10.5 Å². The van der Waals surface area contributed by atoms with Gasteiger partial charge in [-0.3, -0.25) is 14.4 Å². The summed E-state index contributed by atoms with van der Waals surface area (Å²) in [6.45, 7) is 4.42. The second kappa shape index (κ2) is 9.76. The molecule has 0 spiro atoms. The molecule has 2 aliphatic heterocycles. The van der Waals surface area contributed by atoms with E-state index in [4.69, 9.17) is 0 Å². The van der Waals surface area contributed by atoms with Gasteiger partial charge in [0.15, 0.2) is 0 Å². The topological polar surface area (TPSA) is 89.6 Å². The molecule has 164 valence electrons. The van der Waals surface area contributed by atoms with Gasteiger partial charge in [-0.1, -0.05) is 6.07 Å². The molecule has 31 heavy (non-hydrogen) atoms. The van der Waals surface area contributed by atoms with Crippen LogP contribution in [0.3, 0.4) is 0 Å². The average Bonchev–Trinajstić information content (AvgIpc) is 2.83. The number of hydrogen-bond acceptors (Lipinski definition) is 5. The van der Waals surface area contributed by atoms with Crippen LogP contribution in [0.1, 0.15) is 36.0 Å². The van der Waals surface area contributed by atoms with Crippen molar-refractivity contribution in [3.63, 3.8) is 0 Å². The van der Waals surface area contributed by atoms with Crippen molar-refractivity contribution in [2.45, 2.75) is 25.7 Å². The number of H-pyrrole nitrogens is 1. The van der Waals surface area contributed by atoms with Crippen molar-refractivity contribution in [1.29, 1.82) is 0 Å². The molecule has 0 aliphatic carbocycles. The summed E-state index contributed by atoms with van der Waals surface area (Å²) in [5.74, 6) is 1.44. The molecule has 1 N–H and O–H groups in total. The van der Waals surface area contributed by atoms with Gasteiger partial charge in [0.25, 0.3) is 5.91 Å². The van der Waals surface area contributed by atoms with Crippen LogP contribution >= 0.6 is 0 Å². The number of rotatable bonds is 5. The summed E-state index contributed by atoms with van der Waals surface area (Å²) in [7, 11) is 0. The number of hydrogen-bond donors (Lipinski definition) is 1. The lowest BCUT2D eigenvalue weighted by atomic mass is 9.92. The Bertz CT molecular complexity index is 933. The zero-order valence-electron chi connectivity index (χ0n) is 17.7. The Kier molecular flexibility index (Phi) is 6.64. The lowest BCUT2D eigenvalue weighted by molar-refractivity contribution is -0.131. The number of nitrogens with zero attached hydrogens (tertiary/aromatic N) is 4. The van der Waals surface area contributed by atoms with Crippen LogP contribution in [0.2, 0.25) is 0 Å². The maximum absolute atomic E-state index is 12.7. The molecule has 0 saturated carbocycles. The average molecular weight is 424 g/mol. The van der Waals surface area contributed by atoms with Crippen molar-refractivity contribution in [3.8, 4) is 0 Å². The van der Waals surface area contributed by atoms with Crippen LogP contribution in [0, 0.1) is 5.92 Å². The number of nitrogens with one attached hydrogen (secondary N) is 1. The first-order valence-corrected chi connectivity index (χ1v) is 11.0. The first-order valence-electron chi connectivity index (χ1n) is 11.0. The van der Waals surface area contributed by atoms with Gasteiger partial charge in [0.2, 0.25) is 11.5 Å². The molecular weight excluding hydrogens is 394 g/mol. The molecule has 1 atom stereocenters. The molecule has 2 fully saturated rings. The Hall–Kier alpha value is -3.16. The minimum atomic E-state index is -0.215. The zero-order chi connectivity index (χ0) is 21.6. The van der Waals surface area contributed by atoms with Crippen molar-refractivity contribution >= 4 is 17.6 Å². The van der Waals surface area contributed by atoms with E-state index >= 15 is 0 Å². The maximum Gasteiger partial charge on any atom is 0.255 e. The normalized spacial score (nSPS) is 19.4. The maximum atomic E-state index is 12.7. The van der Waals surface area contributed by atoms with Gasteiger partial charge in [0.05, 0.1) is 5.56 Å². The number of pyridine rings is 2. The van der Waals surface area contributed by atoms with Crippen LogP contribution in [0.15, 0.2) is 47.5 Å². The molecule has 2 aromatic rings. The number of anilines is 1. The molecule has 2 aromatic heterocycles. The predicted molar refractivity (Wildman–Crippen MR) is 118 cm³/mol. The fraction of sp³-hybridized carbons (Fsp3) is 0.478. The van der Waals surface area contributed by atoms with Crippen LogP contribution in [0.4, 0.5) is 5.82 Å². The van der Waals surface area contributed by atoms with Crippen molar-refractivity contribution in [2.75, 3.05) is 44.2 Å². The van der Waals surface area contributed by atoms with Crippen molar-refractivity contribution in [2.24, 2.45) is 5.92 Å². The van der Waals surface area contributed by atoms with E-state index in [2.05, 4.69) is 14.9 Å². The highest BCUT2D eigenvalue weighted by molar-refractivity contribution is 5.93. The molecule has 8 heteroatoms. The molecule has 2 amide bonds. The highest BCUT2D eigenvalue weighted by Gasteiger charge is 2.27. The third kappa shape index (κ3) is 5.31. The largest absolute Gasteiger partial charge is 0.353 e. The van der Waals surface area contributed by atoms with Gasteiger partial charge in [-0.25, -0.2) is 4.98 Å². The minimum Gasteiger partial charge on any atom is -0.353 e. The number of aromatic amines is 1. The summed E-state index contributed by atoms with van der Waals surface area (Å²) >= 11 is 0. The highest BCUT2D eigenvalue weighted by atomic mass is 16.2. The Morgan fingerprint density at radius 1 is 1.03 bits per heavy atom. The standard InChI is InChI=1S/C23H29N5O3/c29-21-8-7-19(16-25-21)23(31)28-11-3-4-18(17-28)6-9-22(30)27-14-12-26(13-15-27)20-5-1-2-10-24-20/h1-2,5,7-8,10,16,18H,3-4,6,9,11-15,17H2,(H,25,29)/t18-/m1/s1. The Balaban J connectivity index is 1.23. The number of carbonyl (C=O) groups is 2. The minimum absolute atomic E-state index is 0.0575. The van der Waals surface area contributed by atoms with E-state index < -0.39 is 0 Å². The first kappa shape index (κ1) is 21.1. The SMILES string of the molecule is O=C(CC[C@H]1CCCN(C(=O)c2ccc(=O)[nH]c2)C1)N1CCN(c2ccccn2)CC1. The Morgan fingerprint density at radius 2 is 1.87 bits per heavy atom. The summed E-state index contributed by atoms with van der Waals surface area (Å²) in [5.41, 5.74) is 0.287. The summed E-state index contributed by atoms with van der Waals surface area (Å²) in [4.78, 5) is 49.6. The van der Waals surface area contributed by atoms with Gasteiger partial charge in [-0.15, -0.1) is 0 Å². The number of likely N-dealkylation sites (tertiary alicyclic amines) is 1. The quantitative estimate of drug-likeness (QED) is 0.791. The van der Waals surface area contributed by atoms with Gasteiger partial charge < -0.3 is 19.7 Å². The van der Waals surface area contributed by atoms with E-state index in [9.17, 15) is 14.4 Å². The van der Waals surface area contributed by atoms with E-state index in [0.29, 0.717) is 24.4 Å². The molecule has 0 unspecified atom stereocenters. The fourth-order valence-electron chi connectivity index (χ4n) is 4.42. The van der Waals surface area contributed by atoms with Gasteiger partial charge >= 0.3 is 0 Å². The summed E-state index contributed by atoms with van der Waals surface area (Å²) in [5, 5.41) is 0. The number of aromatic nitrogens is 2. The fourth-order valence-corrected chi connectivity index (χ4v) is 4.42. The van der Waals surface area contributed by atoms with Crippen molar-refractivity contribution in [3.05, 3.63) is 58.6 Å². The molecule has 2 aliphatic rings. The number of carbonyl (C=O) groups excluding carboxylic acids is 2. The molecule has 4 rings (SSSR count). The zero-order valence-corrected chi connectivity index (χ0v) is 17.7. The predicted octanol–water partition coefficient (Wildman–Crippen LogP) is 1.75. The molecule has 8 nitrogen and oxygen atoms in total. The Labute approximate surface area is 181 Å². The van der Waals surface area contributed by atoms with Gasteiger partial charge in [-0.2, -0.15) is 0 Å². The number of piperazine rings is 1.